The smallest absolute Gasteiger partial charge is 0.206 e. The van der Waals surface area contributed by atoms with Gasteiger partial charge in [0.1, 0.15) is 4.21 Å². The van der Waals surface area contributed by atoms with Crippen LogP contribution in [0.25, 0.3) is 0 Å². The molecule has 6 heteroatoms. The van der Waals surface area contributed by atoms with Crippen LogP contribution in [0.2, 0.25) is 0 Å². The van der Waals surface area contributed by atoms with Crippen LogP contribution in [0.4, 0.5) is 0 Å². The largest absolute Gasteiger partial charge is 0.252 e. The average molecular weight is 308 g/mol. The van der Waals surface area contributed by atoms with E-state index < -0.39 is 10.0 Å². The molecule has 1 heterocycles. The van der Waals surface area contributed by atoms with Crippen LogP contribution in [-0.2, 0) is 10.0 Å². The average Bonchev–Trinajstić information content (AvgIpc) is 2.68. The monoisotopic (exact) mass is 307 g/mol. The zero-order chi connectivity index (χ0) is 13.2. The summed E-state index contributed by atoms with van der Waals surface area (Å²) < 4.78 is 27.3. The van der Waals surface area contributed by atoms with Crippen molar-refractivity contribution in [3.63, 3.8) is 0 Å². The molecular weight excluding hydrogens is 290 g/mol. The third kappa shape index (κ3) is 2.90. The Balaban J connectivity index is 2.22. The van der Waals surface area contributed by atoms with E-state index in [-0.39, 0.29) is 6.04 Å². The molecule has 0 radical (unpaired) electrons. The Kier molecular flexibility index (Phi) is 4.69. The number of hydrogen-bond acceptors (Lipinski definition) is 3. The molecule has 18 heavy (non-hydrogen) atoms. The maximum atomic E-state index is 12.6. The quantitative estimate of drug-likeness (QED) is 0.757. The molecule has 1 aliphatic rings. The van der Waals surface area contributed by atoms with Crippen LogP contribution in [0.5, 0.6) is 0 Å². The highest BCUT2D eigenvalue weighted by molar-refractivity contribution is 7.91. The van der Waals surface area contributed by atoms with Crippen LogP contribution in [0.15, 0.2) is 16.3 Å². The Morgan fingerprint density at radius 2 is 2.17 bits per heavy atom. The Labute approximate surface area is 118 Å². The lowest BCUT2D eigenvalue weighted by molar-refractivity contribution is 0.220. The Hall–Kier alpha value is -0.100. The number of aryl methyl sites for hydroxylation is 1. The fraction of sp³-hybridized carbons (Fsp3) is 0.667. The van der Waals surface area contributed by atoms with Crippen LogP contribution in [-0.4, -0.2) is 31.2 Å². The first-order valence-electron chi connectivity index (χ1n) is 6.20. The summed E-state index contributed by atoms with van der Waals surface area (Å²) in [4.78, 5) is 1.03. The van der Waals surface area contributed by atoms with Gasteiger partial charge in [-0.1, -0.05) is 6.42 Å². The van der Waals surface area contributed by atoms with Gasteiger partial charge in [0.05, 0.1) is 0 Å². The fourth-order valence-electron chi connectivity index (χ4n) is 2.06. The number of rotatable bonds is 6. The summed E-state index contributed by atoms with van der Waals surface area (Å²) in [5.41, 5.74) is 0. The van der Waals surface area contributed by atoms with Gasteiger partial charge in [-0.25, -0.2) is 8.42 Å². The minimum absolute atomic E-state index is 0.181. The number of sulfonamides is 1. The van der Waals surface area contributed by atoms with Crippen molar-refractivity contribution in [2.75, 3.05) is 12.4 Å². The maximum Gasteiger partial charge on any atom is 0.252 e. The van der Waals surface area contributed by atoms with Crippen LogP contribution < -0.4 is 0 Å². The normalized spacial score (nSPS) is 17.1. The summed E-state index contributed by atoms with van der Waals surface area (Å²) >= 11 is 7.04. The first-order valence-corrected chi connectivity index (χ1v) is 8.99. The van der Waals surface area contributed by atoms with E-state index in [0.717, 1.165) is 24.1 Å². The van der Waals surface area contributed by atoms with Gasteiger partial charge in [-0.3, -0.25) is 0 Å². The van der Waals surface area contributed by atoms with Gasteiger partial charge in [0, 0.05) is 23.3 Å². The first kappa shape index (κ1) is 14.3. The highest BCUT2D eigenvalue weighted by atomic mass is 35.5. The van der Waals surface area contributed by atoms with Gasteiger partial charge in [-0.15, -0.1) is 22.9 Å². The zero-order valence-corrected chi connectivity index (χ0v) is 12.8. The maximum absolute atomic E-state index is 12.6. The molecule has 1 aliphatic carbocycles. The van der Waals surface area contributed by atoms with E-state index in [9.17, 15) is 8.42 Å². The molecule has 0 unspecified atom stereocenters. The Morgan fingerprint density at radius 1 is 1.44 bits per heavy atom. The summed E-state index contributed by atoms with van der Waals surface area (Å²) in [6, 6.07) is 3.75. The lowest BCUT2D eigenvalue weighted by atomic mass is 9.93. The lowest BCUT2D eigenvalue weighted by Crippen LogP contribution is -2.44. The SMILES string of the molecule is Cc1ccc(S(=O)(=O)N(CCCCl)C2CCC2)s1. The number of hydrogen-bond donors (Lipinski definition) is 0. The van der Waals surface area contributed by atoms with Crippen molar-refractivity contribution < 1.29 is 8.42 Å². The molecule has 0 aliphatic heterocycles. The summed E-state index contributed by atoms with van der Waals surface area (Å²) in [5.74, 6) is 0.502. The fourth-order valence-corrected chi connectivity index (χ4v) is 5.31. The van der Waals surface area contributed by atoms with Crippen LogP contribution >= 0.6 is 22.9 Å². The highest BCUT2D eigenvalue weighted by Gasteiger charge is 2.35. The second-order valence-corrected chi connectivity index (χ2v) is 8.39. The van der Waals surface area contributed by atoms with E-state index in [1.807, 2.05) is 13.0 Å². The molecule has 1 saturated carbocycles. The summed E-state index contributed by atoms with van der Waals surface area (Å²) in [7, 11) is -3.32. The predicted octanol–water partition coefficient (Wildman–Crippen LogP) is 3.23. The second kappa shape index (κ2) is 5.90. The van der Waals surface area contributed by atoms with Crippen LogP contribution in [0, 0.1) is 6.92 Å². The summed E-state index contributed by atoms with van der Waals surface area (Å²) in [6.07, 6.45) is 3.79. The third-order valence-corrected chi connectivity index (χ3v) is 6.96. The van der Waals surface area contributed by atoms with Crippen molar-refractivity contribution in [1.82, 2.24) is 4.31 Å². The lowest BCUT2D eigenvalue weighted by Gasteiger charge is -2.36. The molecule has 2 rings (SSSR count). The minimum atomic E-state index is -3.32. The van der Waals surface area contributed by atoms with Crippen molar-refractivity contribution in [2.45, 2.75) is 42.9 Å². The molecule has 3 nitrogen and oxygen atoms in total. The number of alkyl halides is 1. The Bertz CT molecular complexity index is 494. The molecule has 1 aromatic heterocycles. The topological polar surface area (TPSA) is 37.4 Å². The van der Waals surface area contributed by atoms with E-state index in [2.05, 4.69) is 0 Å². The standard InChI is InChI=1S/C12H18ClNO2S2/c1-10-6-7-12(17-10)18(15,16)14(9-3-8-13)11-4-2-5-11/h6-7,11H,2-5,8-9H2,1H3. The van der Waals surface area contributed by atoms with Crippen molar-refractivity contribution in [3.05, 3.63) is 17.0 Å². The summed E-state index contributed by atoms with van der Waals surface area (Å²) in [5, 5.41) is 0. The highest BCUT2D eigenvalue weighted by Crippen LogP contribution is 2.32. The first-order chi connectivity index (χ1) is 8.55. The van der Waals surface area contributed by atoms with Gasteiger partial charge in [0.2, 0.25) is 0 Å². The van der Waals surface area contributed by atoms with Gasteiger partial charge >= 0.3 is 0 Å². The van der Waals surface area contributed by atoms with Crippen molar-refractivity contribution in [3.8, 4) is 0 Å². The second-order valence-electron chi connectivity index (χ2n) is 4.61. The molecule has 0 amide bonds. The molecule has 0 saturated heterocycles. The predicted molar refractivity (Wildman–Crippen MR) is 75.9 cm³/mol. The molecular formula is C12H18ClNO2S2. The van der Waals surface area contributed by atoms with Gasteiger partial charge in [0.15, 0.2) is 0 Å². The van der Waals surface area contributed by atoms with Crippen molar-refractivity contribution in [1.29, 1.82) is 0 Å². The molecule has 1 aromatic rings. The van der Waals surface area contributed by atoms with E-state index in [1.165, 1.54) is 11.3 Å². The van der Waals surface area contributed by atoms with Gasteiger partial charge in [0.25, 0.3) is 10.0 Å². The van der Waals surface area contributed by atoms with Gasteiger partial charge < -0.3 is 0 Å². The van der Waals surface area contributed by atoms with Gasteiger partial charge in [-0.05, 0) is 38.3 Å². The molecule has 0 atom stereocenters. The Morgan fingerprint density at radius 3 is 2.61 bits per heavy atom. The number of nitrogens with zero attached hydrogens (tertiary/aromatic N) is 1. The number of thiophene rings is 1. The molecule has 0 aromatic carbocycles. The van der Waals surface area contributed by atoms with Crippen LogP contribution in [0.3, 0.4) is 0 Å². The molecule has 102 valence electrons. The van der Waals surface area contributed by atoms with E-state index in [1.54, 1.807) is 10.4 Å². The minimum Gasteiger partial charge on any atom is -0.206 e. The molecule has 0 bridgehead atoms. The van der Waals surface area contributed by atoms with Crippen molar-refractivity contribution >= 4 is 33.0 Å². The molecule has 0 spiro atoms. The van der Waals surface area contributed by atoms with Gasteiger partial charge in [-0.2, -0.15) is 4.31 Å². The van der Waals surface area contributed by atoms with E-state index in [0.29, 0.717) is 23.1 Å². The molecule has 1 fully saturated rings. The van der Waals surface area contributed by atoms with Crippen molar-refractivity contribution in [2.24, 2.45) is 0 Å². The third-order valence-electron chi connectivity index (χ3n) is 3.27. The molecule has 0 N–H and O–H groups in total. The zero-order valence-electron chi connectivity index (χ0n) is 10.4. The van der Waals surface area contributed by atoms with E-state index in [4.69, 9.17) is 11.6 Å². The summed E-state index contributed by atoms with van der Waals surface area (Å²) in [6.45, 7) is 2.46. The van der Waals surface area contributed by atoms with Crippen LogP contribution in [0.1, 0.15) is 30.6 Å². The van der Waals surface area contributed by atoms with E-state index >= 15 is 0 Å². The number of halogens is 1.